The van der Waals surface area contributed by atoms with Crippen molar-refractivity contribution in [3.63, 3.8) is 0 Å². The standard InChI is InChI=1S/C6H6O3S/c7-6(9-4-10)5-2-1-3-8-5/h1-3,10H,4H2. The average molecular weight is 158 g/mol. The predicted molar refractivity (Wildman–Crippen MR) is 38.0 cm³/mol. The summed E-state index contributed by atoms with van der Waals surface area (Å²) in [5, 5.41) is 0. The van der Waals surface area contributed by atoms with Crippen LogP contribution in [0.1, 0.15) is 10.6 Å². The Morgan fingerprint density at radius 1 is 1.80 bits per heavy atom. The van der Waals surface area contributed by atoms with E-state index in [2.05, 4.69) is 17.4 Å². The summed E-state index contributed by atoms with van der Waals surface area (Å²) in [6, 6.07) is 3.15. The van der Waals surface area contributed by atoms with E-state index in [-0.39, 0.29) is 11.7 Å². The van der Waals surface area contributed by atoms with Crippen LogP contribution >= 0.6 is 12.6 Å². The largest absolute Gasteiger partial charge is 0.457 e. The maximum atomic E-state index is 10.7. The number of carbonyl (C=O) groups is 1. The van der Waals surface area contributed by atoms with Gasteiger partial charge in [-0.05, 0) is 12.1 Å². The molecule has 10 heavy (non-hydrogen) atoms. The summed E-state index contributed by atoms with van der Waals surface area (Å²) < 4.78 is 9.26. The molecule has 0 spiro atoms. The molecule has 0 saturated carbocycles. The highest BCUT2D eigenvalue weighted by atomic mass is 32.1. The SMILES string of the molecule is O=C(OCS)c1ccco1. The van der Waals surface area contributed by atoms with Gasteiger partial charge < -0.3 is 9.15 Å². The van der Waals surface area contributed by atoms with Gasteiger partial charge in [0.15, 0.2) is 0 Å². The molecule has 0 aliphatic carbocycles. The van der Waals surface area contributed by atoms with Crippen molar-refractivity contribution in [1.29, 1.82) is 0 Å². The second-order valence-corrected chi connectivity index (χ2v) is 1.80. The van der Waals surface area contributed by atoms with Crippen molar-refractivity contribution in [3.8, 4) is 0 Å². The van der Waals surface area contributed by atoms with E-state index in [0.29, 0.717) is 0 Å². The lowest BCUT2D eigenvalue weighted by Crippen LogP contribution is -2.01. The van der Waals surface area contributed by atoms with E-state index >= 15 is 0 Å². The molecule has 0 unspecified atom stereocenters. The first-order valence-electron chi connectivity index (χ1n) is 2.66. The Balaban J connectivity index is 2.59. The third-order valence-electron chi connectivity index (χ3n) is 0.918. The molecule has 0 aliphatic rings. The van der Waals surface area contributed by atoms with Crippen molar-refractivity contribution in [2.75, 3.05) is 5.94 Å². The summed E-state index contributed by atoms with van der Waals surface area (Å²) in [5.41, 5.74) is 0. The third kappa shape index (κ3) is 1.54. The highest BCUT2D eigenvalue weighted by molar-refractivity contribution is 7.80. The topological polar surface area (TPSA) is 39.4 Å². The molecule has 0 bridgehead atoms. The zero-order valence-corrected chi connectivity index (χ0v) is 6.01. The summed E-state index contributed by atoms with van der Waals surface area (Å²) in [6.07, 6.45) is 1.41. The van der Waals surface area contributed by atoms with Crippen LogP contribution < -0.4 is 0 Å². The highest BCUT2D eigenvalue weighted by Gasteiger charge is 2.07. The van der Waals surface area contributed by atoms with Gasteiger partial charge in [-0.2, -0.15) is 0 Å². The first kappa shape index (κ1) is 7.21. The van der Waals surface area contributed by atoms with E-state index in [9.17, 15) is 4.79 Å². The Morgan fingerprint density at radius 3 is 3.10 bits per heavy atom. The van der Waals surface area contributed by atoms with Crippen molar-refractivity contribution in [2.24, 2.45) is 0 Å². The molecule has 0 aliphatic heterocycles. The Hall–Kier alpha value is -0.900. The molecule has 0 amide bonds. The average Bonchev–Trinajstić information content (AvgIpc) is 2.38. The van der Waals surface area contributed by atoms with Crippen LogP contribution in [0.5, 0.6) is 0 Å². The van der Waals surface area contributed by atoms with Gasteiger partial charge in [-0.1, -0.05) is 0 Å². The molecule has 1 aromatic rings. The number of ether oxygens (including phenoxy) is 1. The van der Waals surface area contributed by atoms with Gasteiger partial charge in [0, 0.05) is 0 Å². The lowest BCUT2D eigenvalue weighted by atomic mass is 10.5. The lowest BCUT2D eigenvalue weighted by Gasteiger charge is -1.94. The quantitative estimate of drug-likeness (QED) is 0.401. The van der Waals surface area contributed by atoms with E-state index in [1.165, 1.54) is 12.3 Å². The molecular weight excluding hydrogens is 152 g/mol. The Bertz CT molecular complexity index is 205. The molecule has 3 nitrogen and oxygen atoms in total. The van der Waals surface area contributed by atoms with E-state index in [1.807, 2.05) is 0 Å². The van der Waals surface area contributed by atoms with Crippen LogP contribution in [-0.4, -0.2) is 11.9 Å². The summed E-state index contributed by atoms with van der Waals surface area (Å²) in [4.78, 5) is 10.7. The molecule has 0 fully saturated rings. The zero-order chi connectivity index (χ0) is 7.40. The van der Waals surface area contributed by atoms with Crippen molar-refractivity contribution in [1.82, 2.24) is 0 Å². The van der Waals surface area contributed by atoms with Crippen molar-refractivity contribution < 1.29 is 13.9 Å². The zero-order valence-electron chi connectivity index (χ0n) is 5.11. The van der Waals surface area contributed by atoms with Crippen LogP contribution in [0.3, 0.4) is 0 Å². The van der Waals surface area contributed by atoms with Gasteiger partial charge in [0.25, 0.3) is 0 Å². The van der Waals surface area contributed by atoms with Crippen LogP contribution in [-0.2, 0) is 4.74 Å². The predicted octanol–water partition coefficient (Wildman–Crippen LogP) is 1.32. The van der Waals surface area contributed by atoms with E-state index < -0.39 is 5.97 Å². The molecule has 0 saturated heterocycles. The molecule has 1 heterocycles. The van der Waals surface area contributed by atoms with Crippen molar-refractivity contribution in [2.45, 2.75) is 0 Å². The smallest absolute Gasteiger partial charge is 0.375 e. The Labute approximate surface area is 63.4 Å². The first-order valence-corrected chi connectivity index (χ1v) is 3.29. The minimum atomic E-state index is -0.486. The molecule has 0 aromatic carbocycles. The van der Waals surface area contributed by atoms with Crippen molar-refractivity contribution >= 4 is 18.6 Å². The second kappa shape index (κ2) is 3.31. The third-order valence-corrected chi connectivity index (χ3v) is 1.05. The molecule has 0 atom stereocenters. The van der Waals surface area contributed by atoms with E-state index in [0.717, 1.165) is 0 Å². The molecule has 1 aromatic heterocycles. The van der Waals surface area contributed by atoms with E-state index in [1.54, 1.807) is 6.07 Å². The second-order valence-electron chi connectivity index (χ2n) is 1.54. The summed E-state index contributed by atoms with van der Waals surface area (Å²) in [6.45, 7) is 0. The van der Waals surface area contributed by atoms with Crippen LogP contribution in [0.2, 0.25) is 0 Å². The lowest BCUT2D eigenvalue weighted by molar-refractivity contribution is 0.0545. The van der Waals surface area contributed by atoms with Crippen LogP contribution in [0.25, 0.3) is 0 Å². The minimum absolute atomic E-state index is 0.0690. The molecular formula is C6H6O3S. The van der Waals surface area contributed by atoms with Gasteiger partial charge in [0.1, 0.15) is 5.94 Å². The molecule has 54 valence electrons. The normalized spacial score (nSPS) is 9.30. The number of hydrogen-bond acceptors (Lipinski definition) is 4. The van der Waals surface area contributed by atoms with Crippen LogP contribution in [0, 0.1) is 0 Å². The molecule has 0 N–H and O–H groups in total. The fourth-order valence-corrected chi connectivity index (χ4v) is 0.642. The summed E-state index contributed by atoms with van der Waals surface area (Å²) in [5.74, 6) is -0.214. The van der Waals surface area contributed by atoms with Crippen LogP contribution in [0.4, 0.5) is 0 Å². The van der Waals surface area contributed by atoms with Gasteiger partial charge in [0.2, 0.25) is 5.76 Å². The first-order chi connectivity index (χ1) is 4.84. The number of thiol groups is 1. The molecule has 4 heteroatoms. The Morgan fingerprint density at radius 2 is 2.60 bits per heavy atom. The van der Waals surface area contributed by atoms with Gasteiger partial charge in [0.05, 0.1) is 6.26 Å². The van der Waals surface area contributed by atoms with Gasteiger partial charge in [-0.15, -0.1) is 12.6 Å². The Kier molecular flexibility index (Phi) is 2.39. The van der Waals surface area contributed by atoms with Crippen LogP contribution in [0.15, 0.2) is 22.8 Å². The van der Waals surface area contributed by atoms with Gasteiger partial charge in [-0.25, -0.2) is 4.79 Å². The maximum Gasteiger partial charge on any atom is 0.375 e. The molecule has 1 rings (SSSR count). The minimum Gasteiger partial charge on any atom is -0.457 e. The highest BCUT2D eigenvalue weighted by Crippen LogP contribution is 2.01. The fourth-order valence-electron chi connectivity index (χ4n) is 0.524. The number of rotatable bonds is 2. The number of carbonyl (C=O) groups excluding carboxylic acids is 1. The molecule has 0 radical (unpaired) electrons. The summed E-state index contributed by atoms with van der Waals surface area (Å²) in [7, 11) is 0. The monoisotopic (exact) mass is 158 g/mol. The number of furan rings is 1. The number of esters is 1. The van der Waals surface area contributed by atoms with Gasteiger partial charge in [-0.3, -0.25) is 0 Å². The van der Waals surface area contributed by atoms with Gasteiger partial charge >= 0.3 is 5.97 Å². The number of hydrogen-bond donors (Lipinski definition) is 1. The van der Waals surface area contributed by atoms with E-state index in [4.69, 9.17) is 4.42 Å². The maximum absolute atomic E-state index is 10.7. The fraction of sp³-hybridized carbons (Fsp3) is 0.167. The summed E-state index contributed by atoms with van der Waals surface area (Å²) >= 11 is 3.71. The van der Waals surface area contributed by atoms with Crippen molar-refractivity contribution in [3.05, 3.63) is 24.2 Å².